The fourth-order valence-corrected chi connectivity index (χ4v) is 6.25. The lowest BCUT2D eigenvalue weighted by Gasteiger charge is -2.23. The molecule has 0 atom stereocenters. The highest BCUT2D eigenvalue weighted by Crippen LogP contribution is 2.36. The topological polar surface area (TPSA) is 9.23 Å². The molecule has 220 valence electrons. The van der Waals surface area contributed by atoms with Gasteiger partial charge < -0.3 is 4.74 Å². The summed E-state index contributed by atoms with van der Waals surface area (Å²) in [5.41, 5.74) is 7.10. The minimum atomic E-state index is 0.369. The van der Waals surface area contributed by atoms with Gasteiger partial charge in [0.05, 0.1) is 12.4 Å². The average Bonchev–Trinajstić information content (AvgIpc) is 3.05. The Morgan fingerprint density at radius 2 is 0.857 bits per heavy atom. The fraction of sp³-hybridized carbons (Fsp3) is 0.366. The Morgan fingerprint density at radius 1 is 0.476 bits per heavy atom. The largest absolute Gasteiger partial charge is 0.498 e. The lowest BCUT2D eigenvalue weighted by atomic mass is 9.83. The van der Waals surface area contributed by atoms with Crippen molar-refractivity contribution in [1.29, 1.82) is 0 Å². The quantitative estimate of drug-likeness (QED) is 0.0871. The maximum Gasteiger partial charge on any atom is 0.0951 e. The summed E-state index contributed by atoms with van der Waals surface area (Å²) in [7, 11) is 0. The van der Waals surface area contributed by atoms with Crippen molar-refractivity contribution >= 4 is 0 Å². The van der Waals surface area contributed by atoms with Gasteiger partial charge in [-0.3, -0.25) is 0 Å². The van der Waals surface area contributed by atoms with Crippen molar-refractivity contribution < 1.29 is 4.74 Å². The number of benzene rings is 4. The average molecular weight is 559 g/mol. The molecule has 0 aliphatic carbocycles. The molecule has 0 fully saturated rings. The number of allylic oxidation sites excluding steroid dienone is 2. The minimum absolute atomic E-state index is 0.369. The predicted octanol–water partition coefficient (Wildman–Crippen LogP) is 11.9. The van der Waals surface area contributed by atoms with Gasteiger partial charge in [0, 0.05) is 18.3 Å². The first-order valence-electron chi connectivity index (χ1n) is 16.3. The molecule has 0 saturated heterocycles. The number of hydrogen-bond acceptors (Lipinski definition) is 1. The first kappa shape index (κ1) is 31.4. The molecule has 1 heteroatoms. The van der Waals surface area contributed by atoms with Gasteiger partial charge in [-0.15, -0.1) is 0 Å². The molecule has 0 aliphatic heterocycles. The number of rotatable bonds is 18. The Kier molecular flexibility index (Phi) is 13.5. The standard InChI is InChI=1S/C41H50O/c1-3-5-6-7-20-29-41(42-4-2)38(30-32-39(34-21-12-8-13-22-34)35-23-14-9-15-24-35)31-33-40(36-25-16-10-17-26-36)37-27-18-11-19-28-37/h8-19,21-28,39-40H,3-7,20,29-33H2,1-2H3. The monoisotopic (exact) mass is 558 g/mol. The summed E-state index contributed by atoms with van der Waals surface area (Å²) in [5, 5.41) is 0. The highest BCUT2D eigenvalue weighted by atomic mass is 16.5. The summed E-state index contributed by atoms with van der Waals surface area (Å²) >= 11 is 0. The second-order valence-corrected chi connectivity index (χ2v) is 11.4. The zero-order valence-electron chi connectivity index (χ0n) is 25.9. The third-order valence-electron chi connectivity index (χ3n) is 8.50. The van der Waals surface area contributed by atoms with Crippen molar-refractivity contribution in [3.8, 4) is 0 Å². The Morgan fingerprint density at radius 3 is 1.21 bits per heavy atom. The second-order valence-electron chi connectivity index (χ2n) is 11.4. The summed E-state index contributed by atoms with van der Waals surface area (Å²) in [6, 6.07) is 44.2. The van der Waals surface area contributed by atoms with Crippen molar-refractivity contribution in [2.45, 2.75) is 89.9 Å². The normalized spacial score (nSPS) is 11.1. The van der Waals surface area contributed by atoms with E-state index in [1.54, 1.807) is 0 Å². The van der Waals surface area contributed by atoms with Crippen LogP contribution < -0.4 is 0 Å². The van der Waals surface area contributed by atoms with Crippen LogP contribution in [0, 0.1) is 0 Å². The van der Waals surface area contributed by atoms with E-state index in [1.165, 1.54) is 65.7 Å². The molecule has 4 aromatic rings. The summed E-state index contributed by atoms with van der Waals surface area (Å²) in [5.74, 6) is 2.00. The van der Waals surface area contributed by atoms with Crippen LogP contribution in [0.2, 0.25) is 0 Å². The van der Waals surface area contributed by atoms with Gasteiger partial charge in [-0.2, -0.15) is 0 Å². The second kappa shape index (κ2) is 18.1. The van der Waals surface area contributed by atoms with Crippen LogP contribution >= 0.6 is 0 Å². The molecule has 0 radical (unpaired) electrons. The fourth-order valence-electron chi connectivity index (χ4n) is 6.25. The summed E-state index contributed by atoms with van der Waals surface area (Å²) in [4.78, 5) is 0. The smallest absolute Gasteiger partial charge is 0.0951 e. The first-order valence-corrected chi connectivity index (χ1v) is 16.3. The Labute approximate surface area is 255 Å². The van der Waals surface area contributed by atoms with Crippen molar-refractivity contribution in [3.63, 3.8) is 0 Å². The summed E-state index contributed by atoms with van der Waals surface area (Å²) in [6.07, 6.45) is 11.7. The lowest BCUT2D eigenvalue weighted by molar-refractivity contribution is 0.209. The van der Waals surface area contributed by atoms with E-state index < -0.39 is 0 Å². The van der Waals surface area contributed by atoms with Gasteiger partial charge in [-0.05, 0) is 66.9 Å². The van der Waals surface area contributed by atoms with E-state index in [-0.39, 0.29) is 0 Å². The molecule has 0 saturated carbocycles. The van der Waals surface area contributed by atoms with Gasteiger partial charge >= 0.3 is 0 Å². The van der Waals surface area contributed by atoms with E-state index in [0.717, 1.165) is 38.7 Å². The third kappa shape index (κ3) is 9.76. The van der Waals surface area contributed by atoms with Crippen LogP contribution in [-0.4, -0.2) is 6.61 Å². The van der Waals surface area contributed by atoms with E-state index in [4.69, 9.17) is 4.74 Å². The molecule has 4 aromatic carbocycles. The van der Waals surface area contributed by atoms with Crippen LogP contribution in [0.3, 0.4) is 0 Å². The van der Waals surface area contributed by atoms with Gasteiger partial charge in [0.25, 0.3) is 0 Å². The maximum absolute atomic E-state index is 6.48. The van der Waals surface area contributed by atoms with Crippen LogP contribution in [0.15, 0.2) is 133 Å². The molecule has 0 aliphatic rings. The Hall–Kier alpha value is -3.58. The van der Waals surface area contributed by atoms with Crippen LogP contribution in [-0.2, 0) is 4.74 Å². The molecular formula is C41H50O. The Bertz CT molecular complexity index is 1110. The van der Waals surface area contributed by atoms with Crippen molar-refractivity contribution in [3.05, 3.63) is 155 Å². The van der Waals surface area contributed by atoms with E-state index in [0.29, 0.717) is 11.8 Å². The molecular weight excluding hydrogens is 508 g/mol. The molecule has 0 aromatic heterocycles. The van der Waals surface area contributed by atoms with E-state index >= 15 is 0 Å². The molecule has 0 bridgehead atoms. The molecule has 42 heavy (non-hydrogen) atoms. The number of ether oxygens (including phenoxy) is 1. The number of hydrogen-bond donors (Lipinski definition) is 0. The van der Waals surface area contributed by atoms with Gasteiger partial charge in [0.1, 0.15) is 0 Å². The van der Waals surface area contributed by atoms with E-state index in [1.807, 2.05) is 0 Å². The molecule has 0 heterocycles. The highest BCUT2D eigenvalue weighted by molar-refractivity contribution is 5.34. The van der Waals surface area contributed by atoms with Gasteiger partial charge in [0.2, 0.25) is 0 Å². The predicted molar refractivity (Wildman–Crippen MR) is 180 cm³/mol. The molecule has 0 spiro atoms. The van der Waals surface area contributed by atoms with Crippen LogP contribution in [0.5, 0.6) is 0 Å². The zero-order valence-corrected chi connectivity index (χ0v) is 25.9. The van der Waals surface area contributed by atoms with Gasteiger partial charge in [-0.25, -0.2) is 0 Å². The third-order valence-corrected chi connectivity index (χ3v) is 8.50. The van der Waals surface area contributed by atoms with Crippen molar-refractivity contribution in [1.82, 2.24) is 0 Å². The molecule has 1 nitrogen and oxygen atoms in total. The van der Waals surface area contributed by atoms with Gasteiger partial charge in [0.15, 0.2) is 0 Å². The zero-order chi connectivity index (χ0) is 29.2. The van der Waals surface area contributed by atoms with Crippen molar-refractivity contribution in [2.24, 2.45) is 0 Å². The lowest BCUT2D eigenvalue weighted by Crippen LogP contribution is -2.07. The van der Waals surface area contributed by atoms with Gasteiger partial charge in [-0.1, -0.05) is 154 Å². The molecule has 4 rings (SSSR count). The number of unbranched alkanes of at least 4 members (excludes halogenated alkanes) is 4. The first-order chi connectivity index (χ1) is 20.8. The summed E-state index contributed by atoms with van der Waals surface area (Å²) < 4.78 is 6.48. The molecule has 0 unspecified atom stereocenters. The van der Waals surface area contributed by atoms with Crippen LogP contribution in [0.25, 0.3) is 0 Å². The summed E-state index contributed by atoms with van der Waals surface area (Å²) in [6.45, 7) is 5.16. The molecule has 0 N–H and O–H groups in total. The Balaban J connectivity index is 1.61. The maximum atomic E-state index is 6.48. The van der Waals surface area contributed by atoms with Crippen molar-refractivity contribution in [2.75, 3.05) is 6.61 Å². The molecule has 0 amide bonds. The highest BCUT2D eigenvalue weighted by Gasteiger charge is 2.20. The minimum Gasteiger partial charge on any atom is -0.498 e. The van der Waals surface area contributed by atoms with Crippen LogP contribution in [0.1, 0.15) is 112 Å². The SMILES string of the molecule is CCCCCCCC(OCC)=C(CCC(c1ccccc1)c1ccccc1)CCC(c1ccccc1)c1ccccc1. The van der Waals surface area contributed by atoms with E-state index in [9.17, 15) is 0 Å². The van der Waals surface area contributed by atoms with Crippen LogP contribution in [0.4, 0.5) is 0 Å². The van der Waals surface area contributed by atoms with E-state index in [2.05, 4.69) is 135 Å².